The van der Waals surface area contributed by atoms with Gasteiger partial charge in [0, 0.05) is 43.4 Å². The Bertz CT molecular complexity index is 951. The molecule has 0 atom stereocenters. The van der Waals surface area contributed by atoms with Gasteiger partial charge in [-0.3, -0.25) is 4.79 Å². The Labute approximate surface area is 204 Å². The van der Waals surface area contributed by atoms with E-state index in [1.165, 1.54) is 0 Å². The lowest BCUT2D eigenvalue weighted by Crippen LogP contribution is -2.75. The van der Waals surface area contributed by atoms with Crippen molar-refractivity contribution in [2.24, 2.45) is 0 Å². The van der Waals surface area contributed by atoms with Gasteiger partial charge in [-0.2, -0.15) is 0 Å². The summed E-state index contributed by atoms with van der Waals surface area (Å²) in [5.41, 5.74) is 0. The van der Waals surface area contributed by atoms with Gasteiger partial charge in [0.2, 0.25) is 6.29 Å². The molecule has 0 aliphatic heterocycles. The average molecular weight is 506 g/mol. The van der Waals surface area contributed by atoms with Crippen LogP contribution in [0.2, 0.25) is 0 Å². The van der Waals surface area contributed by atoms with Gasteiger partial charge in [-0.1, -0.05) is 39.5 Å². The Morgan fingerprint density at radius 3 is 1.00 bits per heavy atom. The molecule has 192 valence electrons. The number of carbonyl (C=O) groups excluding carboxylic acids is 7. The Balaban J connectivity index is 8.09. The summed E-state index contributed by atoms with van der Waals surface area (Å²) in [6.07, 6.45) is 2.34. The van der Waals surface area contributed by atoms with Crippen LogP contribution in [0.3, 0.4) is 0 Å². The second-order valence-corrected chi connectivity index (χ2v) is 6.10. The molecule has 0 aromatic carbocycles. The summed E-state index contributed by atoms with van der Waals surface area (Å²) in [6.45, 7) is 19.3. The molecule has 13 nitrogen and oxygen atoms in total. The molecule has 0 unspecified atom stereocenters. The van der Waals surface area contributed by atoms with Gasteiger partial charge < -0.3 is 28.4 Å². The zero-order valence-corrected chi connectivity index (χ0v) is 19.1. The third-order valence-corrected chi connectivity index (χ3v) is 3.80. The van der Waals surface area contributed by atoms with Gasteiger partial charge in [-0.15, -0.1) is 0 Å². The zero-order valence-electron chi connectivity index (χ0n) is 19.1. The largest absolute Gasteiger partial charge is 0.422 e. The fraction of sp³-hybridized carbons (Fsp3) is 0.174. The lowest BCUT2D eigenvalue weighted by atomic mass is 9.95. The second-order valence-electron chi connectivity index (χ2n) is 6.10. The fourth-order valence-corrected chi connectivity index (χ4v) is 2.32. The minimum atomic E-state index is -3.78. The molecule has 0 saturated carbocycles. The van der Waals surface area contributed by atoms with Crippen LogP contribution < -0.4 is 0 Å². The fourth-order valence-electron chi connectivity index (χ4n) is 2.32. The van der Waals surface area contributed by atoms with Crippen LogP contribution in [0.25, 0.3) is 0 Å². The minimum Gasteiger partial charge on any atom is -0.411 e. The zero-order chi connectivity index (χ0) is 28.2. The molecule has 0 aliphatic rings. The highest BCUT2D eigenvalue weighted by atomic mass is 16.9. The van der Waals surface area contributed by atoms with E-state index in [4.69, 9.17) is 28.4 Å². The Morgan fingerprint density at radius 2 is 0.750 bits per heavy atom. The monoisotopic (exact) mass is 506 g/mol. The van der Waals surface area contributed by atoms with Gasteiger partial charge in [0.25, 0.3) is 0 Å². The van der Waals surface area contributed by atoms with Crippen LogP contribution >= 0.6 is 0 Å². The van der Waals surface area contributed by atoms with Crippen LogP contribution in [0.1, 0.15) is 6.92 Å². The Morgan fingerprint density at radius 1 is 0.500 bits per heavy atom. The molecule has 0 aromatic heterocycles. The summed E-state index contributed by atoms with van der Waals surface area (Å²) in [4.78, 5) is 86.2. The first-order valence-electron chi connectivity index (χ1n) is 9.38. The number of esters is 6. The van der Waals surface area contributed by atoms with E-state index < -0.39 is 59.5 Å². The quantitative estimate of drug-likeness (QED) is 0.0997. The summed E-state index contributed by atoms with van der Waals surface area (Å²) >= 11 is 0. The lowest BCUT2D eigenvalue weighted by molar-refractivity contribution is -0.423. The predicted octanol–water partition coefficient (Wildman–Crippen LogP) is 0.669. The van der Waals surface area contributed by atoms with Crippen LogP contribution in [0.5, 0.6) is 0 Å². The van der Waals surface area contributed by atoms with Gasteiger partial charge in [0.1, 0.15) is 0 Å². The molecule has 36 heavy (non-hydrogen) atoms. The van der Waals surface area contributed by atoms with Crippen LogP contribution in [0.4, 0.5) is 0 Å². The molecule has 0 spiro atoms. The lowest BCUT2D eigenvalue weighted by Gasteiger charge is -2.48. The summed E-state index contributed by atoms with van der Waals surface area (Å²) in [6, 6.07) is 0. The summed E-state index contributed by atoms with van der Waals surface area (Å²) < 4.78 is 29.8. The van der Waals surface area contributed by atoms with Crippen molar-refractivity contribution in [2.45, 2.75) is 24.3 Å². The molecule has 0 radical (unpaired) electrons. The summed E-state index contributed by atoms with van der Waals surface area (Å²) in [5.74, 6) is -19.9. The van der Waals surface area contributed by atoms with E-state index in [0.29, 0.717) is 43.4 Å². The maximum Gasteiger partial charge on any atom is 0.422 e. The molecule has 13 heteroatoms. The molecule has 0 amide bonds. The van der Waals surface area contributed by atoms with E-state index >= 15 is 0 Å². The molecule has 0 fully saturated rings. The van der Waals surface area contributed by atoms with Gasteiger partial charge in [-0.25, -0.2) is 28.8 Å². The van der Waals surface area contributed by atoms with E-state index in [0.717, 1.165) is 0 Å². The number of rotatable bonds is 15. The van der Waals surface area contributed by atoms with Gasteiger partial charge in [-0.05, 0) is 0 Å². The highest BCUT2D eigenvalue weighted by molar-refractivity contribution is 5.90. The van der Waals surface area contributed by atoms with Crippen molar-refractivity contribution in [2.75, 3.05) is 0 Å². The standard InChI is InChI=1S/C23H22O13/c1-8-15(25)31-21(7,32-16(26)9-2)23(35-19(29)12-5,36-20(30)13-6)22(14-24,33-17(27)10-3)34-18(28)11-4/h8-14H,1-6H2,7H3. The first-order valence-corrected chi connectivity index (χ1v) is 9.38. The van der Waals surface area contributed by atoms with Gasteiger partial charge in [0.15, 0.2) is 0 Å². The number of carbonyl (C=O) groups is 7. The normalized spacial score (nSPS) is 10.7. The predicted molar refractivity (Wildman–Crippen MR) is 118 cm³/mol. The van der Waals surface area contributed by atoms with E-state index in [-0.39, 0.29) is 0 Å². The maximum atomic E-state index is 12.5. The highest BCUT2D eigenvalue weighted by Crippen LogP contribution is 2.44. The molecule has 0 rings (SSSR count). The molecule has 0 aromatic rings. The molecular weight excluding hydrogens is 484 g/mol. The van der Waals surface area contributed by atoms with E-state index in [2.05, 4.69) is 39.5 Å². The first kappa shape index (κ1) is 30.9. The van der Waals surface area contributed by atoms with Crippen molar-refractivity contribution in [3.05, 3.63) is 75.9 Å². The smallest absolute Gasteiger partial charge is 0.411 e. The number of hydrogen-bond acceptors (Lipinski definition) is 13. The van der Waals surface area contributed by atoms with Gasteiger partial charge in [0.05, 0.1) is 0 Å². The van der Waals surface area contributed by atoms with Crippen LogP contribution in [-0.2, 0) is 62.0 Å². The van der Waals surface area contributed by atoms with Crippen LogP contribution in [0, 0.1) is 0 Å². The van der Waals surface area contributed by atoms with Crippen LogP contribution in [0.15, 0.2) is 75.9 Å². The highest BCUT2D eigenvalue weighted by Gasteiger charge is 2.78. The van der Waals surface area contributed by atoms with E-state index in [1.54, 1.807) is 0 Å². The number of ether oxygens (including phenoxy) is 6. The Kier molecular flexibility index (Phi) is 11.2. The van der Waals surface area contributed by atoms with Crippen molar-refractivity contribution < 1.29 is 62.0 Å². The third kappa shape index (κ3) is 6.72. The topological polar surface area (TPSA) is 175 Å². The van der Waals surface area contributed by atoms with Crippen molar-refractivity contribution in [3.8, 4) is 0 Å². The number of aldehydes is 1. The molecule has 0 aliphatic carbocycles. The first-order chi connectivity index (χ1) is 16.8. The Hall–Kier alpha value is -5.07. The minimum absolute atomic E-state index is 0.446. The van der Waals surface area contributed by atoms with Crippen molar-refractivity contribution in [3.63, 3.8) is 0 Å². The van der Waals surface area contributed by atoms with Crippen molar-refractivity contribution >= 4 is 42.1 Å². The van der Waals surface area contributed by atoms with E-state index in [9.17, 15) is 33.6 Å². The SMILES string of the molecule is C=CC(=O)OC(C)(OC(=O)C=C)C(OC(=O)C=C)(OC(=O)C=C)C(C=O)(OC(=O)C=C)OC(=O)C=C. The molecule has 0 bridgehead atoms. The molecule has 0 N–H and O–H groups in total. The molecule has 0 heterocycles. The summed E-state index contributed by atoms with van der Waals surface area (Å²) in [5, 5.41) is 0. The van der Waals surface area contributed by atoms with Crippen molar-refractivity contribution in [1.82, 2.24) is 0 Å². The van der Waals surface area contributed by atoms with Gasteiger partial charge >= 0.3 is 53.2 Å². The van der Waals surface area contributed by atoms with E-state index in [1.807, 2.05) is 0 Å². The third-order valence-electron chi connectivity index (χ3n) is 3.80. The molecular formula is C23H22O13. The maximum absolute atomic E-state index is 12.5. The summed E-state index contributed by atoms with van der Waals surface area (Å²) in [7, 11) is 0. The second kappa shape index (κ2) is 13.0. The number of hydrogen-bond donors (Lipinski definition) is 0. The van der Waals surface area contributed by atoms with Crippen molar-refractivity contribution in [1.29, 1.82) is 0 Å². The molecule has 0 saturated heterocycles. The average Bonchev–Trinajstić information content (AvgIpc) is 2.86. The van der Waals surface area contributed by atoms with Crippen LogP contribution in [-0.4, -0.2) is 59.5 Å².